The van der Waals surface area contributed by atoms with Crippen LogP contribution in [-0.4, -0.2) is 59.3 Å². The van der Waals surface area contributed by atoms with Crippen LogP contribution in [0.15, 0.2) is 11.6 Å². The summed E-state index contributed by atoms with van der Waals surface area (Å²) in [6.07, 6.45) is -1.28. The van der Waals surface area contributed by atoms with Crippen LogP contribution < -0.4 is 0 Å². The highest BCUT2D eigenvalue weighted by Gasteiger charge is 2.88. The number of rotatable bonds is 1. The van der Waals surface area contributed by atoms with Gasteiger partial charge in [-0.25, -0.2) is 4.79 Å². The van der Waals surface area contributed by atoms with Gasteiger partial charge in [0.1, 0.15) is 29.8 Å². The molecule has 0 aromatic heterocycles. The van der Waals surface area contributed by atoms with Crippen LogP contribution in [0.5, 0.6) is 0 Å². The molecule has 7 nitrogen and oxygen atoms in total. The maximum absolute atomic E-state index is 12.8. The van der Waals surface area contributed by atoms with E-state index in [1.54, 1.807) is 6.92 Å². The highest BCUT2D eigenvalue weighted by atomic mass is 16.7. The lowest BCUT2D eigenvalue weighted by molar-refractivity contribution is -0.155. The first-order valence-electron chi connectivity index (χ1n) is 9.34. The Kier molecular flexibility index (Phi) is 2.42. The summed E-state index contributed by atoms with van der Waals surface area (Å²) < 4.78 is 23.5. The number of aliphatic hydroxyl groups excluding tert-OH is 1. The van der Waals surface area contributed by atoms with Crippen molar-refractivity contribution in [2.75, 3.05) is 0 Å². The molecule has 2 saturated carbocycles. The molecule has 7 heteroatoms. The molecule has 2 aliphatic carbocycles. The molecule has 0 aromatic rings. The number of hydrogen-bond acceptors (Lipinski definition) is 7. The van der Waals surface area contributed by atoms with Crippen LogP contribution in [0.1, 0.15) is 27.7 Å². The number of hydrogen-bond donors (Lipinski definition) is 1. The van der Waals surface area contributed by atoms with Gasteiger partial charge in [-0.1, -0.05) is 20.8 Å². The molecule has 0 bridgehead atoms. The van der Waals surface area contributed by atoms with Gasteiger partial charge in [-0.15, -0.1) is 0 Å². The van der Waals surface area contributed by atoms with Gasteiger partial charge in [0.2, 0.25) is 0 Å². The Labute approximate surface area is 150 Å². The summed E-state index contributed by atoms with van der Waals surface area (Å²) in [4.78, 5) is 25.2. The number of carbonyl (C=O) groups is 2. The van der Waals surface area contributed by atoms with Gasteiger partial charge >= 0.3 is 11.9 Å². The standard InChI is InChI=1S/C19H22O7/c1-6(2)13-19-7(5-8(20)23-13)17(3)11-9(15(19)26-19)25-16(22)18(11,4)12(21)10-14(17)24-10/h5-6,9-15,21H,1-4H3/t9-,10+,11+,12-,13+,14+,15+,17+,18+,19+/m0/s1. The number of fused-ring (bicyclic) bond motifs is 4. The van der Waals surface area contributed by atoms with Crippen molar-refractivity contribution < 1.29 is 33.6 Å². The Bertz CT molecular complexity index is 804. The number of esters is 2. The smallest absolute Gasteiger partial charge is 0.331 e. The van der Waals surface area contributed by atoms with Crippen LogP contribution in [0.25, 0.3) is 0 Å². The van der Waals surface area contributed by atoms with Gasteiger partial charge in [-0.3, -0.25) is 4.79 Å². The van der Waals surface area contributed by atoms with Gasteiger partial charge in [-0.05, 0) is 18.4 Å². The average Bonchev–Trinajstić information content (AvgIpc) is 3.46. The summed E-state index contributed by atoms with van der Waals surface area (Å²) in [7, 11) is 0. The minimum atomic E-state index is -1.06. The van der Waals surface area contributed by atoms with Gasteiger partial charge in [-0.2, -0.15) is 0 Å². The van der Waals surface area contributed by atoms with E-state index in [0.717, 1.165) is 5.57 Å². The Morgan fingerprint density at radius 3 is 2.50 bits per heavy atom. The van der Waals surface area contributed by atoms with Gasteiger partial charge < -0.3 is 24.1 Å². The number of ether oxygens (including phenoxy) is 4. The third kappa shape index (κ3) is 1.31. The molecule has 6 rings (SSSR count). The number of carbonyl (C=O) groups excluding carboxylic acids is 2. The van der Waals surface area contributed by atoms with E-state index in [1.807, 2.05) is 20.8 Å². The lowest BCUT2D eigenvalue weighted by Crippen LogP contribution is -2.65. The van der Waals surface area contributed by atoms with E-state index < -0.39 is 46.8 Å². The van der Waals surface area contributed by atoms with Gasteiger partial charge in [0.05, 0.1) is 12.2 Å². The van der Waals surface area contributed by atoms with Crippen LogP contribution in [0, 0.1) is 22.7 Å². The topological polar surface area (TPSA) is 97.9 Å². The first-order valence-corrected chi connectivity index (χ1v) is 9.34. The van der Waals surface area contributed by atoms with Crippen molar-refractivity contribution >= 4 is 11.9 Å². The fourth-order valence-corrected chi connectivity index (χ4v) is 6.75. The zero-order chi connectivity index (χ0) is 18.4. The molecule has 0 radical (unpaired) electrons. The zero-order valence-corrected chi connectivity index (χ0v) is 15.1. The molecule has 4 heterocycles. The van der Waals surface area contributed by atoms with Gasteiger partial charge in [0.15, 0.2) is 5.60 Å². The molecular weight excluding hydrogens is 340 g/mol. The highest BCUT2D eigenvalue weighted by molar-refractivity contribution is 5.87. The monoisotopic (exact) mass is 362 g/mol. The minimum Gasteiger partial charge on any atom is -0.459 e. The zero-order valence-electron chi connectivity index (χ0n) is 15.1. The van der Waals surface area contributed by atoms with Crippen LogP contribution in [-0.2, 0) is 28.5 Å². The van der Waals surface area contributed by atoms with Crippen LogP contribution in [0.4, 0.5) is 0 Å². The Balaban J connectivity index is 1.60. The van der Waals surface area contributed by atoms with Crippen molar-refractivity contribution in [3.8, 4) is 0 Å². The summed E-state index contributed by atoms with van der Waals surface area (Å²) >= 11 is 0. The van der Waals surface area contributed by atoms with E-state index in [9.17, 15) is 14.7 Å². The van der Waals surface area contributed by atoms with E-state index in [-0.39, 0.29) is 30.0 Å². The largest absolute Gasteiger partial charge is 0.459 e. The number of aliphatic hydroxyl groups is 1. The van der Waals surface area contributed by atoms with Crippen molar-refractivity contribution in [3.05, 3.63) is 11.6 Å². The fraction of sp³-hybridized carbons (Fsp3) is 0.789. The molecule has 1 N–H and O–H groups in total. The minimum absolute atomic E-state index is 0.0568. The van der Waals surface area contributed by atoms with Crippen molar-refractivity contribution in [3.63, 3.8) is 0 Å². The fourth-order valence-electron chi connectivity index (χ4n) is 6.75. The van der Waals surface area contributed by atoms with Crippen molar-refractivity contribution in [1.82, 2.24) is 0 Å². The summed E-state index contributed by atoms with van der Waals surface area (Å²) in [6.45, 7) is 7.78. The molecule has 5 fully saturated rings. The van der Waals surface area contributed by atoms with E-state index in [1.165, 1.54) is 6.08 Å². The van der Waals surface area contributed by atoms with E-state index in [0.29, 0.717) is 0 Å². The maximum Gasteiger partial charge on any atom is 0.331 e. The first-order chi connectivity index (χ1) is 12.2. The molecule has 1 spiro atoms. The summed E-state index contributed by atoms with van der Waals surface area (Å²) in [5, 5.41) is 10.8. The summed E-state index contributed by atoms with van der Waals surface area (Å²) in [6, 6.07) is 0. The molecule has 26 heavy (non-hydrogen) atoms. The normalized spacial score (nSPS) is 60.8. The predicted molar refractivity (Wildman–Crippen MR) is 84.7 cm³/mol. The maximum atomic E-state index is 12.8. The van der Waals surface area contributed by atoms with E-state index >= 15 is 0 Å². The van der Waals surface area contributed by atoms with Crippen molar-refractivity contribution in [1.29, 1.82) is 0 Å². The third-order valence-electron chi connectivity index (χ3n) is 7.87. The molecule has 3 saturated heterocycles. The molecule has 0 aromatic carbocycles. The van der Waals surface area contributed by atoms with E-state index in [2.05, 4.69) is 0 Å². The Morgan fingerprint density at radius 2 is 1.81 bits per heavy atom. The SMILES string of the molecule is CC(C)[C@H]1OC(=O)C=C2[C@]3(C)[C@H]4[C@H](OC(=O)[C@@]4(C)[C@@H](O)[C@H]4O[C@H]43)[C@H]3O[C@]213. The van der Waals surface area contributed by atoms with Crippen molar-refractivity contribution in [2.45, 2.75) is 69.9 Å². The van der Waals surface area contributed by atoms with Crippen LogP contribution in [0.2, 0.25) is 0 Å². The summed E-state index contributed by atoms with van der Waals surface area (Å²) in [5.41, 5.74) is -1.57. The predicted octanol–water partition coefficient (Wildman–Crippen LogP) is 0.341. The molecule has 10 atom stereocenters. The van der Waals surface area contributed by atoms with E-state index in [4.69, 9.17) is 18.9 Å². The average molecular weight is 362 g/mol. The van der Waals surface area contributed by atoms with Crippen molar-refractivity contribution in [2.24, 2.45) is 22.7 Å². The van der Waals surface area contributed by atoms with Gasteiger partial charge in [0, 0.05) is 17.4 Å². The highest BCUT2D eigenvalue weighted by Crippen LogP contribution is 2.75. The Morgan fingerprint density at radius 1 is 1.08 bits per heavy atom. The molecule has 140 valence electrons. The lowest BCUT2D eigenvalue weighted by atomic mass is 9.46. The molecule has 0 amide bonds. The third-order valence-corrected chi connectivity index (χ3v) is 7.87. The van der Waals surface area contributed by atoms with Gasteiger partial charge in [0.25, 0.3) is 0 Å². The second-order valence-corrected chi connectivity index (χ2v) is 9.37. The number of epoxide rings is 2. The second kappa shape index (κ2) is 4.03. The molecule has 4 aliphatic heterocycles. The van der Waals surface area contributed by atoms with Crippen LogP contribution >= 0.6 is 0 Å². The molecular formula is C19H22O7. The quantitative estimate of drug-likeness (QED) is 0.531. The summed E-state index contributed by atoms with van der Waals surface area (Å²) in [5.74, 6) is -1.03. The molecule has 0 unspecified atom stereocenters. The second-order valence-electron chi connectivity index (χ2n) is 9.37. The van der Waals surface area contributed by atoms with Crippen LogP contribution in [0.3, 0.4) is 0 Å². The Hall–Kier alpha value is -1.44. The number of cyclic esters (lactones) is 1. The molecule has 6 aliphatic rings. The lowest BCUT2D eigenvalue weighted by Gasteiger charge is -2.53. The first kappa shape index (κ1) is 15.6.